The maximum atomic E-state index is 6.33. The Morgan fingerprint density at radius 1 is 1.19 bits per heavy atom. The minimum atomic E-state index is -0.0529. The molecule has 1 aromatic rings. The van der Waals surface area contributed by atoms with E-state index in [1.165, 1.54) is 19.3 Å². The molecule has 0 radical (unpaired) electrons. The second-order valence-corrected chi connectivity index (χ2v) is 8.80. The lowest BCUT2D eigenvalue weighted by Crippen LogP contribution is -2.49. The number of nitrogens with one attached hydrogen (secondary N) is 2. The zero-order valence-corrected chi connectivity index (χ0v) is 21.8. The predicted octanol–water partition coefficient (Wildman–Crippen LogP) is 4.35. The Bertz CT molecular complexity index is 628. The van der Waals surface area contributed by atoms with E-state index in [9.17, 15) is 0 Å². The van der Waals surface area contributed by atoms with Crippen molar-refractivity contribution in [3.63, 3.8) is 0 Å². The molecule has 1 aliphatic heterocycles. The third-order valence-corrected chi connectivity index (χ3v) is 6.29. The monoisotopic (exact) mass is 543 g/mol. The van der Waals surface area contributed by atoms with Crippen LogP contribution in [0.25, 0.3) is 0 Å². The van der Waals surface area contributed by atoms with E-state index >= 15 is 0 Å². The summed E-state index contributed by atoms with van der Waals surface area (Å²) in [6, 6.07) is 6.63. The van der Waals surface area contributed by atoms with Crippen LogP contribution in [-0.4, -0.2) is 60.3 Å². The van der Waals surface area contributed by atoms with E-state index in [2.05, 4.69) is 46.5 Å². The van der Waals surface area contributed by atoms with Crippen molar-refractivity contribution in [2.75, 3.05) is 32.8 Å². The van der Waals surface area contributed by atoms with Gasteiger partial charge in [0.15, 0.2) is 5.96 Å². The van der Waals surface area contributed by atoms with Crippen LogP contribution in [0.2, 0.25) is 0 Å². The molecule has 0 spiro atoms. The van der Waals surface area contributed by atoms with Gasteiger partial charge in [0, 0.05) is 45.0 Å². The Balaban J connectivity index is 0.00000341. The fourth-order valence-corrected chi connectivity index (χ4v) is 4.56. The van der Waals surface area contributed by atoms with Crippen LogP contribution in [0.1, 0.15) is 70.9 Å². The van der Waals surface area contributed by atoms with E-state index in [-0.39, 0.29) is 29.6 Å². The van der Waals surface area contributed by atoms with Crippen molar-refractivity contribution in [2.45, 2.75) is 83.4 Å². The van der Waals surface area contributed by atoms with Crippen molar-refractivity contribution in [1.82, 2.24) is 20.5 Å². The summed E-state index contributed by atoms with van der Waals surface area (Å²) in [5.74, 6) is 0.950. The number of halogens is 1. The lowest BCUT2D eigenvalue weighted by atomic mass is 9.84. The average Bonchev–Trinajstić information content (AvgIpc) is 2.79. The summed E-state index contributed by atoms with van der Waals surface area (Å²) >= 11 is 0. The summed E-state index contributed by atoms with van der Waals surface area (Å²) in [5, 5.41) is 7.15. The molecule has 1 saturated carbocycles. The van der Waals surface area contributed by atoms with E-state index in [1.807, 2.05) is 12.3 Å². The molecule has 1 aromatic heterocycles. The molecule has 3 rings (SSSR count). The molecule has 2 heterocycles. The van der Waals surface area contributed by atoms with Crippen LogP contribution in [0.5, 0.6) is 0 Å². The average molecular weight is 544 g/mol. The molecule has 0 atom stereocenters. The smallest absolute Gasteiger partial charge is 0.191 e. The molecule has 6 nitrogen and oxygen atoms in total. The maximum Gasteiger partial charge on any atom is 0.191 e. The van der Waals surface area contributed by atoms with Crippen molar-refractivity contribution in [2.24, 2.45) is 4.99 Å². The van der Waals surface area contributed by atoms with E-state index in [4.69, 9.17) is 9.73 Å². The first-order valence-electron chi connectivity index (χ1n) is 12.0. The number of piperidine rings is 1. The van der Waals surface area contributed by atoms with Crippen molar-refractivity contribution in [3.05, 3.63) is 30.1 Å². The topological polar surface area (TPSA) is 61.8 Å². The van der Waals surface area contributed by atoms with Crippen molar-refractivity contribution >= 4 is 29.9 Å². The van der Waals surface area contributed by atoms with Crippen LogP contribution in [0.15, 0.2) is 29.4 Å². The predicted molar refractivity (Wildman–Crippen MR) is 139 cm³/mol. The van der Waals surface area contributed by atoms with Crippen LogP contribution in [0.3, 0.4) is 0 Å². The normalized spacial score (nSPS) is 20.1. The van der Waals surface area contributed by atoms with Gasteiger partial charge in [0.05, 0.1) is 17.8 Å². The summed E-state index contributed by atoms with van der Waals surface area (Å²) < 4.78 is 6.33. The van der Waals surface area contributed by atoms with Gasteiger partial charge in [-0.2, -0.15) is 0 Å². The molecule has 0 aromatic carbocycles. The van der Waals surface area contributed by atoms with E-state index in [0.29, 0.717) is 6.04 Å². The minimum Gasteiger partial charge on any atom is -0.373 e. The standard InChI is InChI=1S/C24H41N5O.HI/c1-3-18-30-24(13-7-5-8-14-24)20-27-23(25-4-2)28-21-11-16-29(17-12-21)19-22-10-6-9-15-26-22;/h6,9-10,15,21H,3-5,7-8,11-14,16-20H2,1-2H3,(H2,25,27,28);1H. The number of aliphatic imine (C=N–C) groups is 1. The third-order valence-electron chi connectivity index (χ3n) is 6.29. The Hall–Kier alpha value is -0.930. The van der Waals surface area contributed by atoms with Crippen LogP contribution in [0.4, 0.5) is 0 Å². The highest BCUT2D eigenvalue weighted by Crippen LogP contribution is 2.32. The molecule has 0 bridgehead atoms. The molecule has 2 fully saturated rings. The largest absolute Gasteiger partial charge is 0.373 e. The summed E-state index contributed by atoms with van der Waals surface area (Å²) in [6.45, 7) is 9.94. The molecule has 2 N–H and O–H groups in total. The second-order valence-electron chi connectivity index (χ2n) is 8.80. The molecule has 2 aliphatic rings. The Labute approximate surface area is 206 Å². The van der Waals surface area contributed by atoms with Gasteiger partial charge >= 0.3 is 0 Å². The van der Waals surface area contributed by atoms with Gasteiger partial charge in [-0.3, -0.25) is 14.9 Å². The summed E-state index contributed by atoms with van der Waals surface area (Å²) in [7, 11) is 0. The van der Waals surface area contributed by atoms with Gasteiger partial charge in [0.1, 0.15) is 0 Å². The number of likely N-dealkylation sites (tertiary alicyclic amines) is 1. The zero-order valence-electron chi connectivity index (χ0n) is 19.4. The fraction of sp³-hybridized carbons (Fsp3) is 0.750. The fourth-order valence-electron chi connectivity index (χ4n) is 4.56. The first kappa shape index (κ1) is 26.3. The molecule has 176 valence electrons. The van der Waals surface area contributed by atoms with E-state index < -0.39 is 0 Å². The maximum absolute atomic E-state index is 6.33. The van der Waals surface area contributed by atoms with Crippen molar-refractivity contribution in [3.8, 4) is 0 Å². The highest BCUT2D eigenvalue weighted by Gasteiger charge is 2.33. The van der Waals surface area contributed by atoms with Crippen LogP contribution >= 0.6 is 24.0 Å². The zero-order chi connectivity index (χ0) is 21.1. The Morgan fingerprint density at radius 2 is 1.97 bits per heavy atom. The van der Waals surface area contributed by atoms with Gasteiger partial charge < -0.3 is 15.4 Å². The highest BCUT2D eigenvalue weighted by atomic mass is 127. The van der Waals surface area contributed by atoms with Crippen LogP contribution in [0, 0.1) is 0 Å². The third kappa shape index (κ3) is 8.85. The lowest BCUT2D eigenvalue weighted by molar-refractivity contribution is -0.0624. The number of pyridine rings is 1. The molecule has 1 aliphatic carbocycles. The molecular weight excluding hydrogens is 501 g/mol. The molecular formula is C24H42IN5O. The van der Waals surface area contributed by atoms with Gasteiger partial charge in [-0.1, -0.05) is 32.3 Å². The van der Waals surface area contributed by atoms with E-state index in [1.54, 1.807) is 0 Å². The van der Waals surface area contributed by atoms with Crippen molar-refractivity contribution in [1.29, 1.82) is 0 Å². The molecule has 31 heavy (non-hydrogen) atoms. The van der Waals surface area contributed by atoms with Gasteiger partial charge in [0.2, 0.25) is 0 Å². The summed E-state index contributed by atoms with van der Waals surface area (Å²) in [4.78, 5) is 12.0. The lowest BCUT2D eigenvalue weighted by Gasteiger charge is -2.36. The summed E-state index contributed by atoms with van der Waals surface area (Å²) in [5.41, 5.74) is 1.10. The number of nitrogens with zero attached hydrogens (tertiary/aromatic N) is 3. The summed E-state index contributed by atoms with van der Waals surface area (Å²) in [6.07, 6.45) is 11.4. The van der Waals surface area contributed by atoms with Gasteiger partial charge in [-0.15, -0.1) is 24.0 Å². The number of ether oxygens (including phenoxy) is 1. The number of aromatic nitrogens is 1. The SMILES string of the molecule is CCCOC1(CN=C(NCC)NC2CCN(Cc3ccccn3)CC2)CCCCC1.I. The Morgan fingerprint density at radius 3 is 2.61 bits per heavy atom. The van der Waals surface area contributed by atoms with Crippen molar-refractivity contribution < 1.29 is 4.74 Å². The number of rotatable bonds is 9. The molecule has 0 unspecified atom stereocenters. The number of hydrogen-bond donors (Lipinski definition) is 2. The number of guanidine groups is 1. The van der Waals surface area contributed by atoms with Gasteiger partial charge in [-0.05, 0) is 51.2 Å². The van der Waals surface area contributed by atoms with Crippen LogP contribution < -0.4 is 10.6 Å². The van der Waals surface area contributed by atoms with Gasteiger partial charge in [0.25, 0.3) is 0 Å². The second kappa shape index (κ2) is 14.3. The first-order valence-corrected chi connectivity index (χ1v) is 12.0. The molecule has 0 amide bonds. The first-order chi connectivity index (χ1) is 14.7. The minimum absolute atomic E-state index is 0. The van der Waals surface area contributed by atoms with Gasteiger partial charge in [-0.25, -0.2) is 0 Å². The van der Waals surface area contributed by atoms with E-state index in [0.717, 1.165) is 83.1 Å². The quantitative estimate of drug-likeness (QED) is 0.276. The Kier molecular flexibility index (Phi) is 12.1. The van der Waals surface area contributed by atoms with Crippen LogP contribution in [-0.2, 0) is 11.3 Å². The highest BCUT2D eigenvalue weighted by molar-refractivity contribution is 14.0. The molecule has 1 saturated heterocycles. The molecule has 7 heteroatoms. The number of hydrogen-bond acceptors (Lipinski definition) is 4.